The number of hydrogen-bond acceptors (Lipinski definition) is 11. The van der Waals surface area contributed by atoms with Crippen LogP contribution in [0.1, 0.15) is 335 Å². The van der Waals surface area contributed by atoms with E-state index >= 15 is 0 Å². The molecule has 1 aliphatic rings. The molecular weight excluding hydrogens is 980 g/mol. The quantitative estimate of drug-likeness (QED) is 0.0192. The maximum Gasteiger partial charge on any atom is 0.472 e. The molecule has 1 fully saturated rings. The van der Waals surface area contributed by atoms with E-state index in [1.165, 1.54) is 270 Å². The molecule has 1 rings (SSSR count). The highest BCUT2D eigenvalue weighted by molar-refractivity contribution is 7.47. The number of ether oxygens (including phenoxy) is 2. The Morgan fingerprint density at radius 2 is 0.618 bits per heavy atom. The van der Waals surface area contributed by atoms with Crippen LogP contribution in [-0.4, -0.2) is 98.9 Å². The minimum atomic E-state index is -5.02. The lowest BCUT2D eigenvalue weighted by molar-refractivity contribution is -0.220. The molecular formula is C63H125O12P. The van der Waals surface area contributed by atoms with Gasteiger partial charge in [0.2, 0.25) is 0 Å². The molecule has 1 saturated carbocycles. The fraction of sp³-hybridized carbons (Fsp3) is 0.984. The monoisotopic (exact) mass is 1100 g/mol. The first-order valence-electron chi connectivity index (χ1n) is 32.9. The maximum absolute atomic E-state index is 12.9. The molecule has 0 aliphatic heterocycles. The number of carbonyl (C=O) groups excluding carboxylic acids is 1. The molecule has 0 aromatic heterocycles. The Morgan fingerprint density at radius 1 is 0.368 bits per heavy atom. The van der Waals surface area contributed by atoms with Gasteiger partial charge < -0.3 is 39.9 Å². The summed E-state index contributed by atoms with van der Waals surface area (Å²) >= 11 is 0. The van der Waals surface area contributed by atoms with Crippen molar-refractivity contribution < 1.29 is 58.3 Å². The van der Waals surface area contributed by atoms with Crippen LogP contribution in [0.2, 0.25) is 0 Å². The number of phosphoric acid groups is 1. The average molecular weight is 1110 g/mol. The first-order valence-corrected chi connectivity index (χ1v) is 34.4. The van der Waals surface area contributed by atoms with Crippen LogP contribution in [0.25, 0.3) is 0 Å². The lowest BCUT2D eigenvalue weighted by atomic mass is 9.85. The number of rotatable bonds is 59. The molecule has 0 spiro atoms. The van der Waals surface area contributed by atoms with Gasteiger partial charge in [0.05, 0.1) is 13.2 Å². The first-order chi connectivity index (χ1) is 37.0. The lowest BCUT2D eigenvalue weighted by Crippen LogP contribution is -2.64. The Balaban J connectivity index is 2.16. The van der Waals surface area contributed by atoms with Gasteiger partial charge in [-0.05, 0) is 12.8 Å². The van der Waals surface area contributed by atoms with Crippen LogP contribution in [-0.2, 0) is 27.9 Å². The number of aliphatic hydroxyl groups excluding tert-OH is 5. The number of esters is 1. The van der Waals surface area contributed by atoms with Gasteiger partial charge in [0.1, 0.15) is 42.7 Å². The van der Waals surface area contributed by atoms with Crippen molar-refractivity contribution >= 4 is 13.8 Å². The van der Waals surface area contributed by atoms with Crippen LogP contribution in [0.4, 0.5) is 0 Å². The van der Waals surface area contributed by atoms with E-state index in [2.05, 4.69) is 13.8 Å². The standard InChI is InChI=1S/C63H125O12P/c1-3-5-7-9-11-13-15-17-19-21-23-24-25-26-27-28-29-30-31-32-33-34-35-36-38-40-42-44-46-48-50-52-57(64)74-56(55-73-76(70,71)75-63-61(68)59(66)58(65)60(67)62(63)69)54-72-53-51-49-47-45-43-41-39-37-22-20-18-16-14-12-10-8-6-4-2/h56,58-63,65-69H,3-55H2,1-2H3,(H,70,71)/t56-,58?,59-,60?,61?,62?,63?/m1/s1. The molecule has 1 aliphatic carbocycles. The fourth-order valence-corrected chi connectivity index (χ4v) is 11.8. The first kappa shape index (κ1) is 73.4. The van der Waals surface area contributed by atoms with Gasteiger partial charge in [-0.2, -0.15) is 0 Å². The zero-order valence-corrected chi connectivity index (χ0v) is 50.5. The smallest absolute Gasteiger partial charge is 0.457 e. The zero-order valence-electron chi connectivity index (χ0n) is 49.6. The Labute approximate surface area is 467 Å². The van der Waals surface area contributed by atoms with E-state index in [1.54, 1.807) is 0 Å². The molecule has 0 bridgehead atoms. The molecule has 6 unspecified atom stereocenters. The minimum absolute atomic E-state index is 0.0668. The van der Waals surface area contributed by atoms with Gasteiger partial charge in [0.15, 0.2) is 0 Å². The third-order valence-corrected chi connectivity index (χ3v) is 17.0. The largest absolute Gasteiger partial charge is 0.472 e. The average Bonchev–Trinajstić information content (AvgIpc) is 3.41. The van der Waals surface area contributed by atoms with Crippen molar-refractivity contribution in [3.63, 3.8) is 0 Å². The predicted octanol–water partition coefficient (Wildman–Crippen LogP) is 16.8. The summed E-state index contributed by atoms with van der Waals surface area (Å²) in [5.41, 5.74) is 0. The lowest BCUT2D eigenvalue weighted by Gasteiger charge is -2.41. The Morgan fingerprint density at radius 3 is 0.908 bits per heavy atom. The molecule has 8 atom stereocenters. The second kappa shape index (κ2) is 53.6. The third kappa shape index (κ3) is 44.1. The van der Waals surface area contributed by atoms with Crippen molar-refractivity contribution in [3.8, 4) is 0 Å². The van der Waals surface area contributed by atoms with Crippen LogP contribution in [0.5, 0.6) is 0 Å². The number of aliphatic hydroxyl groups is 5. The molecule has 0 amide bonds. The van der Waals surface area contributed by atoms with Crippen LogP contribution >= 0.6 is 7.82 Å². The molecule has 13 heteroatoms. The van der Waals surface area contributed by atoms with Crippen LogP contribution in [0.15, 0.2) is 0 Å². The van der Waals surface area contributed by atoms with E-state index in [-0.39, 0.29) is 13.0 Å². The Kier molecular flexibility index (Phi) is 51.8. The summed E-state index contributed by atoms with van der Waals surface area (Å²) in [7, 11) is -5.02. The van der Waals surface area contributed by atoms with E-state index in [0.29, 0.717) is 13.0 Å². The molecule has 6 N–H and O–H groups in total. The van der Waals surface area contributed by atoms with Crippen molar-refractivity contribution in [1.82, 2.24) is 0 Å². The molecule has 76 heavy (non-hydrogen) atoms. The minimum Gasteiger partial charge on any atom is -0.457 e. The number of hydrogen-bond donors (Lipinski definition) is 6. The van der Waals surface area contributed by atoms with Gasteiger partial charge >= 0.3 is 13.8 Å². The molecule has 0 aromatic rings. The van der Waals surface area contributed by atoms with E-state index < -0.39 is 63.1 Å². The number of phosphoric ester groups is 1. The highest BCUT2D eigenvalue weighted by Crippen LogP contribution is 2.47. The fourth-order valence-electron chi connectivity index (χ4n) is 10.8. The van der Waals surface area contributed by atoms with Gasteiger partial charge in [0, 0.05) is 13.0 Å². The van der Waals surface area contributed by atoms with Crippen molar-refractivity contribution in [3.05, 3.63) is 0 Å². The van der Waals surface area contributed by atoms with Gasteiger partial charge in [-0.3, -0.25) is 13.8 Å². The third-order valence-electron chi connectivity index (χ3n) is 16.0. The van der Waals surface area contributed by atoms with Crippen LogP contribution in [0.3, 0.4) is 0 Å². The van der Waals surface area contributed by atoms with Gasteiger partial charge in [-0.15, -0.1) is 0 Å². The van der Waals surface area contributed by atoms with E-state index in [9.17, 15) is 39.8 Å². The molecule has 0 aromatic carbocycles. The van der Waals surface area contributed by atoms with E-state index in [1.807, 2.05) is 0 Å². The Hall–Kier alpha value is -0.660. The summed E-state index contributed by atoms with van der Waals surface area (Å²) in [6, 6.07) is 0. The molecule has 12 nitrogen and oxygen atoms in total. The summed E-state index contributed by atoms with van der Waals surface area (Å²) in [6.07, 6.45) is 52.0. The van der Waals surface area contributed by atoms with Crippen molar-refractivity contribution in [2.75, 3.05) is 19.8 Å². The van der Waals surface area contributed by atoms with Crippen LogP contribution < -0.4 is 0 Å². The van der Waals surface area contributed by atoms with Crippen LogP contribution in [0, 0.1) is 0 Å². The molecule has 0 radical (unpaired) electrons. The summed E-state index contributed by atoms with van der Waals surface area (Å²) in [5, 5.41) is 50.5. The van der Waals surface area contributed by atoms with E-state index in [4.69, 9.17) is 18.5 Å². The summed E-state index contributed by atoms with van der Waals surface area (Å²) < 4.78 is 34.5. The second-order valence-corrected chi connectivity index (χ2v) is 24.7. The van der Waals surface area contributed by atoms with Gasteiger partial charge in [-0.1, -0.05) is 316 Å². The summed E-state index contributed by atoms with van der Waals surface area (Å²) in [5.74, 6) is -0.465. The molecule has 454 valence electrons. The van der Waals surface area contributed by atoms with Gasteiger partial charge in [0.25, 0.3) is 0 Å². The molecule has 0 heterocycles. The van der Waals surface area contributed by atoms with Crippen molar-refractivity contribution in [2.24, 2.45) is 0 Å². The number of unbranched alkanes of at least 4 members (excludes halogenated alkanes) is 47. The van der Waals surface area contributed by atoms with Gasteiger partial charge in [-0.25, -0.2) is 4.57 Å². The normalized spacial score (nSPS) is 20.1. The molecule has 0 saturated heterocycles. The maximum atomic E-state index is 12.9. The highest BCUT2D eigenvalue weighted by Gasteiger charge is 2.51. The topological polar surface area (TPSA) is 192 Å². The van der Waals surface area contributed by atoms with Crippen molar-refractivity contribution in [1.29, 1.82) is 0 Å². The van der Waals surface area contributed by atoms with Crippen molar-refractivity contribution in [2.45, 2.75) is 378 Å². The zero-order chi connectivity index (χ0) is 55.4. The Bertz CT molecular complexity index is 1260. The highest BCUT2D eigenvalue weighted by atomic mass is 31.2. The summed E-state index contributed by atoms with van der Waals surface area (Å²) in [6.45, 7) is 4.36. The SMILES string of the molecule is CCCCCCCCCCCCCCCCCCCCCCCCCCCCCCCCCC(=O)O[C@H](COCCCCCCCCCCCCCCCCCCCC)COP(=O)(O)OC1C(O)C(O)C(O)[C@@H](O)C1O. The predicted molar refractivity (Wildman–Crippen MR) is 314 cm³/mol. The summed E-state index contributed by atoms with van der Waals surface area (Å²) in [4.78, 5) is 23.4. The number of carbonyl (C=O) groups is 1. The van der Waals surface area contributed by atoms with E-state index in [0.717, 1.165) is 38.5 Å². The second-order valence-electron chi connectivity index (χ2n) is 23.3.